The quantitative estimate of drug-likeness (QED) is 0.612. The van der Waals surface area contributed by atoms with Crippen molar-refractivity contribution < 1.29 is 23.1 Å². The largest absolute Gasteiger partial charge is 0.435 e. The third kappa shape index (κ3) is 5.56. The van der Waals surface area contributed by atoms with E-state index in [1.54, 1.807) is 22.9 Å². The molecule has 1 aromatic carbocycles. The zero-order valence-electron chi connectivity index (χ0n) is 13.6. The van der Waals surface area contributed by atoms with Crippen molar-refractivity contribution in [2.45, 2.75) is 13.0 Å². The van der Waals surface area contributed by atoms with Gasteiger partial charge in [0.1, 0.15) is 5.75 Å². The van der Waals surface area contributed by atoms with Gasteiger partial charge in [0.2, 0.25) is 5.91 Å². The van der Waals surface area contributed by atoms with E-state index in [1.165, 1.54) is 46.9 Å². The molecule has 0 aliphatic carbocycles. The fourth-order valence-corrected chi connectivity index (χ4v) is 3.43. The predicted octanol–water partition coefficient (Wildman–Crippen LogP) is 4.24. The van der Waals surface area contributed by atoms with Crippen LogP contribution < -0.4 is 15.4 Å². The number of hydrogen-bond donors (Lipinski definition) is 2. The van der Waals surface area contributed by atoms with Gasteiger partial charge >= 0.3 is 6.61 Å². The summed E-state index contributed by atoms with van der Waals surface area (Å²) in [5, 5.41) is 9.22. The molecule has 27 heavy (non-hydrogen) atoms. The number of alkyl halides is 2. The van der Waals surface area contributed by atoms with Gasteiger partial charge in [-0.3, -0.25) is 14.9 Å². The van der Waals surface area contributed by atoms with Gasteiger partial charge in [-0.25, -0.2) is 4.98 Å². The minimum atomic E-state index is -2.90. The van der Waals surface area contributed by atoms with E-state index in [0.717, 1.165) is 0 Å². The molecule has 0 unspecified atom stereocenters. The van der Waals surface area contributed by atoms with Gasteiger partial charge in [-0.1, -0.05) is 6.07 Å². The number of anilines is 2. The molecule has 2 amide bonds. The molecule has 2 N–H and O–H groups in total. The van der Waals surface area contributed by atoms with Crippen LogP contribution in [0.1, 0.15) is 15.4 Å². The van der Waals surface area contributed by atoms with Crippen LogP contribution >= 0.6 is 22.7 Å². The molecule has 10 heteroatoms. The van der Waals surface area contributed by atoms with E-state index < -0.39 is 6.61 Å². The van der Waals surface area contributed by atoms with E-state index in [0.29, 0.717) is 21.4 Å². The molecular weight excluding hydrogens is 396 g/mol. The summed E-state index contributed by atoms with van der Waals surface area (Å²) >= 11 is 2.55. The number of nitrogens with zero attached hydrogens (tertiary/aromatic N) is 1. The zero-order valence-corrected chi connectivity index (χ0v) is 15.3. The van der Waals surface area contributed by atoms with Crippen molar-refractivity contribution in [2.24, 2.45) is 0 Å². The smallest absolute Gasteiger partial charge is 0.387 e. The molecule has 2 heterocycles. The Bertz CT molecular complexity index is 912. The first-order chi connectivity index (χ1) is 13.0. The molecule has 2 aromatic heterocycles. The summed E-state index contributed by atoms with van der Waals surface area (Å²) in [4.78, 5) is 28.8. The second kappa shape index (κ2) is 8.69. The number of rotatable bonds is 7. The Balaban J connectivity index is 1.52. The number of ether oxygens (including phenoxy) is 1. The molecule has 0 aliphatic rings. The fourth-order valence-electron chi connectivity index (χ4n) is 2.10. The molecule has 0 saturated carbocycles. The Morgan fingerprint density at radius 1 is 1.11 bits per heavy atom. The van der Waals surface area contributed by atoms with Crippen LogP contribution in [0.2, 0.25) is 0 Å². The molecule has 0 spiro atoms. The maximum absolute atomic E-state index is 12.1. The van der Waals surface area contributed by atoms with Gasteiger partial charge in [-0.15, -0.1) is 22.7 Å². The van der Waals surface area contributed by atoms with E-state index in [2.05, 4.69) is 20.4 Å². The summed E-state index contributed by atoms with van der Waals surface area (Å²) in [6.45, 7) is -2.90. The average Bonchev–Trinajstić information content (AvgIpc) is 3.28. The number of amides is 2. The van der Waals surface area contributed by atoms with Crippen molar-refractivity contribution >= 4 is 45.3 Å². The van der Waals surface area contributed by atoms with Gasteiger partial charge in [0, 0.05) is 11.1 Å². The van der Waals surface area contributed by atoms with Crippen molar-refractivity contribution in [2.75, 3.05) is 10.6 Å². The highest BCUT2D eigenvalue weighted by Crippen LogP contribution is 2.20. The number of carbonyl (C=O) groups excluding carboxylic acids is 2. The zero-order chi connectivity index (χ0) is 19.2. The van der Waals surface area contributed by atoms with Crippen LogP contribution in [0, 0.1) is 0 Å². The maximum atomic E-state index is 12.1. The van der Waals surface area contributed by atoms with Crippen LogP contribution in [0.3, 0.4) is 0 Å². The molecule has 0 atom stereocenters. The minimum absolute atomic E-state index is 0.00799. The monoisotopic (exact) mass is 409 g/mol. The third-order valence-corrected chi connectivity index (χ3v) is 4.90. The number of carbonyl (C=O) groups is 2. The SMILES string of the molecule is O=C(Cc1csc(NC(=O)c2cccs2)n1)Nc1ccc(OC(F)F)cc1. The Morgan fingerprint density at radius 3 is 2.56 bits per heavy atom. The lowest BCUT2D eigenvalue weighted by atomic mass is 10.2. The molecule has 3 rings (SSSR count). The number of nitrogens with one attached hydrogen (secondary N) is 2. The normalized spacial score (nSPS) is 10.6. The fraction of sp³-hybridized carbons (Fsp3) is 0.118. The molecule has 0 radical (unpaired) electrons. The van der Waals surface area contributed by atoms with E-state index in [9.17, 15) is 18.4 Å². The van der Waals surface area contributed by atoms with Gasteiger partial charge < -0.3 is 10.1 Å². The molecule has 0 fully saturated rings. The van der Waals surface area contributed by atoms with E-state index in [4.69, 9.17) is 0 Å². The van der Waals surface area contributed by atoms with Gasteiger partial charge in [0.05, 0.1) is 17.0 Å². The highest BCUT2D eigenvalue weighted by molar-refractivity contribution is 7.14. The summed E-state index contributed by atoms with van der Waals surface area (Å²) in [6.07, 6.45) is 0.0145. The molecule has 0 saturated heterocycles. The lowest BCUT2D eigenvalue weighted by molar-refractivity contribution is -0.115. The third-order valence-electron chi connectivity index (χ3n) is 3.22. The van der Waals surface area contributed by atoms with Gasteiger partial charge in [0.15, 0.2) is 5.13 Å². The van der Waals surface area contributed by atoms with Gasteiger partial charge in [0.25, 0.3) is 5.91 Å². The Labute approximate surface area is 160 Å². The summed E-state index contributed by atoms with van der Waals surface area (Å²) < 4.78 is 28.5. The highest BCUT2D eigenvalue weighted by Gasteiger charge is 2.12. The van der Waals surface area contributed by atoms with E-state index >= 15 is 0 Å². The number of benzene rings is 1. The highest BCUT2D eigenvalue weighted by atomic mass is 32.1. The lowest BCUT2D eigenvalue weighted by Crippen LogP contribution is -2.15. The van der Waals surface area contributed by atoms with Crippen LogP contribution in [0.15, 0.2) is 47.2 Å². The maximum Gasteiger partial charge on any atom is 0.387 e. The molecule has 0 aliphatic heterocycles. The number of halogens is 2. The second-order valence-corrected chi connectivity index (χ2v) is 7.01. The lowest BCUT2D eigenvalue weighted by Gasteiger charge is -2.07. The van der Waals surface area contributed by atoms with Gasteiger partial charge in [-0.2, -0.15) is 8.78 Å². The first-order valence-corrected chi connectivity index (χ1v) is 9.39. The second-order valence-electron chi connectivity index (χ2n) is 5.20. The van der Waals surface area contributed by atoms with Gasteiger partial charge in [-0.05, 0) is 35.7 Å². The van der Waals surface area contributed by atoms with Crippen molar-refractivity contribution in [1.82, 2.24) is 4.98 Å². The Morgan fingerprint density at radius 2 is 1.89 bits per heavy atom. The Kier molecular flexibility index (Phi) is 6.09. The molecular formula is C17H13F2N3O3S2. The van der Waals surface area contributed by atoms with E-state index in [1.807, 2.05) is 0 Å². The van der Waals surface area contributed by atoms with Crippen molar-refractivity contribution in [3.8, 4) is 5.75 Å². The standard InChI is InChI=1S/C17H13F2N3O3S2/c18-16(19)25-12-5-3-10(4-6-12)20-14(23)8-11-9-27-17(21-11)22-15(24)13-2-1-7-26-13/h1-7,9,16H,8H2,(H,20,23)(H,21,22,24). The first kappa shape index (κ1) is 18.9. The summed E-state index contributed by atoms with van der Waals surface area (Å²) in [6, 6.07) is 9.08. The van der Waals surface area contributed by atoms with Crippen LogP contribution in [0.5, 0.6) is 5.75 Å². The molecule has 3 aromatic rings. The Hall–Kier alpha value is -2.85. The summed E-state index contributed by atoms with van der Waals surface area (Å²) in [7, 11) is 0. The summed E-state index contributed by atoms with van der Waals surface area (Å²) in [5.74, 6) is -0.561. The van der Waals surface area contributed by atoms with Crippen LogP contribution in [0.25, 0.3) is 0 Å². The molecule has 6 nitrogen and oxygen atoms in total. The van der Waals surface area contributed by atoms with Crippen molar-refractivity contribution in [1.29, 1.82) is 0 Å². The van der Waals surface area contributed by atoms with Crippen LogP contribution in [-0.2, 0) is 11.2 Å². The van der Waals surface area contributed by atoms with Crippen molar-refractivity contribution in [3.05, 3.63) is 57.7 Å². The number of thiophene rings is 1. The summed E-state index contributed by atoms with van der Waals surface area (Å²) in [5.41, 5.74) is 0.958. The number of hydrogen-bond acceptors (Lipinski definition) is 6. The first-order valence-electron chi connectivity index (χ1n) is 7.63. The van der Waals surface area contributed by atoms with Crippen LogP contribution in [0.4, 0.5) is 19.6 Å². The molecule has 0 bridgehead atoms. The number of aromatic nitrogens is 1. The topological polar surface area (TPSA) is 80.3 Å². The molecule has 140 valence electrons. The van der Waals surface area contributed by atoms with E-state index in [-0.39, 0.29) is 24.0 Å². The number of thiazole rings is 1. The average molecular weight is 409 g/mol. The minimum Gasteiger partial charge on any atom is -0.435 e. The van der Waals surface area contributed by atoms with Crippen molar-refractivity contribution in [3.63, 3.8) is 0 Å². The van der Waals surface area contributed by atoms with Crippen LogP contribution in [-0.4, -0.2) is 23.4 Å². The predicted molar refractivity (Wildman–Crippen MR) is 99.8 cm³/mol.